The highest BCUT2D eigenvalue weighted by atomic mass is 16.6. The molecule has 0 aromatic heterocycles. The third kappa shape index (κ3) is 3.19. The van der Waals surface area contributed by atoms with Crippen molar-refractivity contribution in [2.45, 2.75) is 37.7 Å². The summed E-state index contributed by atoms with van der Waals surface area (Å²) in [6, 6.07) is 0. The van der Waals surface area contributed by atoms with E-state index in [1.165, 1.54) is 7.11 Å². The van der Waals surface area contributed by atoms with Crippen LogP contribution >= 0.6 is 0 Å². The van der Waals surface area contributed by atoms with Gasteiger partial charge in [0, 0.05) is 6.54 Å². The highest BCUT2D eigenvalue weighted by molar-refractivity contribution is 5.76. The Balaban J connectivity index is 1.83. The first-order valence-corrected chi connectivity index (χ1v) is 6.16. The summed E-state index contributed by atoms with van der Waals surface area (Å²) in [5, 5.41) is 3.18. The van der Waals surface area contributed by atoms with Crippen LogP contribution in [0.15, 0.2) is 0 Å². The molecule has 5 nitrogen and oxygen atoms in total. The van der Waals surface area contributed by atoms with E-state index in [1.54, 1.807) is 0 Å². The fourth-order valence-corrected chi connectivity index (χ4v) is 2.14. The highest BCUT2D eigenvalue weighted by Gasteiger charge is 2.49. The summed E-state index contributed by atoms with van der Waals surface area (Å²) in [6.45, 7) is 1.66. The third-order valence-electron chi connectivity index (χ3n) is 3.45. The molecule has 0 aromatic rings. The van der Waals surface area contributed by atoms with Gasteiger partial charge in [0.25, 0.3) is 0 Å². The minimum absolute atomic E-state index is 0.0566. The Morgan fingerprint density at radius 3 is 2.71 bits per heavy atom. The van der Waals surface area contributed by atoms with Crippen LogP contribution in [-0.4, -0.2) is 37.7 Å². The Kier molecular flexibility index (Phi) is 3.66. The molecule has 0 aromatic carbocycles. The summed E-state index contributed by atoms with van der Waals surface area (Å²) in [4.78, 5) is 23.1. The second-order valence-corrected chi connectivity index (χ2v) is 4.90. The molecule has 17 heavy (non-hydrogen) atoms. The van der Waals surface area contributed by atoms with E-state index in [2.05, 4.69) is 10.1 Å². The van der Waals surface area contributed by atoms with Gasteiger partial charge in [-0.05, 0) is 32.2 Å². The zero-order valence-corrected chi connectivity index (χ0v) is 10.2. The van der Waals surface area contributed by atoms with Crippen LogP contribution in [0.25, 0.3) is 0 Å². The highest BCUT2D eigenvalue weighted by Crippen LogP contribution is 2.43. The van der Waals surface area contributed by atoms with Crippen LogP contribution in [0.1, 0.15) is 32.1 Å². The molecule has 2 rings (SSSR count). The molecule has 1 atom stereocenters. The van der Waals surface area contributed by atoms with E-state index in [4.69, 9.17) is 4.74 Å². The fourth-order valence-electron chi connectivity index (χ4n) is 2.14. The molecule has 1 saturated carbocycles. The molecule has 5 heteroatoms. The molecular weight excluding hydrogens is 222 g/mol. The first kappa shape index (κ1) is 12.4. The molecule has 0 spiro atoms. The monoisotopic (exact) mass is 241 g/mol. The van der Waals surface area contributed by atoms with Gasteiger partial charge in [0.1, 0.15) is 5.60 Å². The van der Waals surface area contributed by atoms with Gasteiger partial charge < -0.3 is 14.8 Å². The molecule has 1 saturated heterocycles. The number of carbonyl (C=O) groups is 2. The van der Waals surface area contributed by atoms with Crippen molar-refractivity contribution in [2.75, 3.05) is 20.2 Å². The maximum absolute atomic E-state index is 11.9. The second-order valence-electron chi connectivity index (χ2n) is 4.90. The lowest BCUT2D eigenvalue weighted by atomic mass is 10.00. The molecule has 1 N–H and O–H groups in total. The van der Waals surface area contributed by atoms with E-state index in [9.17, 15) is 9.59 Å². The standard InChI is InChI=1S/C12H19NO4/c1-16-10(14)7-12(4-5-12)17-11(15)9-3-2-6-13-8-9/h9,13H,2-8H2,1H3. The van der Waals surface area contributed by atoms with Crippen molar-refractivity contribution in [1.29, 1.82) is 0 Å². The van der Waals surface area contributed by atoms with Gasteiger partial charge in [0.05, 0.1) is 19.4 Å². The van der Waals surface area contributed by atoms with Gasteiger partial charge in [-0.25, -0.2) is 0 Å². The summed E-state index contributed by atoms with van der Waals surface area (Å²) < 4.78 is 10.1. The van der Waals surface area contributed by atoms with Crippen LogP contribution in [0.5, 0.6) is 0 Å². The van der Waals surface area contributed by atoms with Crippen molar-refractivity contribution in [1.82, 2.24) is 5.32 Å². The Morgan fingerprint density at radius 1 is 1.41 bits per heavy atom. The summed E-state index contributed by atoms with van der Waals surface area (Å²) in [6.07, 6.45) is 3.61. The number of nitrogens with one attached hydrogen (secondary N) is 1. The fraction of sp³-hybridized carbons (Fsp3) is 0.833. The number of carbonyl (C=O) groups excluding carboxylic acids is 2. The molecule has 0 amide bonds. The van der Waals surface area contributed by atoms with E-state index in [0.717, 1.165) is 32.2 Å². The van der Waals surface area contributed by atoms with Crippen LogP contribution in [0, 0.1) is 5.92 Å². The molecule has 1 aliphatic heterocycles. The van der Waals surface area contributed by atoms with E-state index in [-0.39, 0.29) is 24.3 Å². The van der Waals surface area contributed by atoms with Crippen molar-refractivity contribution in [3.63, 3.8) is 0 Å². The van der Waals surface area contributed by atoms with Crippen LogP contribution in [-0.2, 0) is 19.1 Å². The number of methoxy groups -OCH3 is 1. The quantitative estimate of drug-likeness (QED) is 0.731. The van der Waals surface area contributed by atoms with Gasteiger partial charge in [-0.2, -0.15) is 0 Å². The lowest BCUT2D eigenvalue weighted by Gasteiger charge is -2.24. The average molecular weight is 241 g/mol. The summed E-state index contributed by atoms with van der Waals surface area (Å²) >= 11 is 0. The topological polar surface area (TPSA) is 64.6 Å². The largest absolute Gasteiger partial charge is 0.469 e. The Morgan fingerprint density at radius 2 is 2.18 bits per heavy atom. The number of hydrogen-bond donors (Lipinski definition) is 1. The van der Waals surface area contributed by atoms with E-state index in [0.29, 0.717) is 6.54 Å². The molecule has 2 fully saturated rings. The number of ether oxygens (including phenoxy) is 2. The maximum atomic E-state index is 11.9. The van der Waals surface area contributed by atoms with E-state index >= 15 is 0 Å². The molecule has 2 aliphatic rings. The van der Waals surface area contributed by atoms with Crippen LogP contribution in [0.3, 0.4) is 0 Å². The van der Waals surface area contributed by atoms with Crippen LogP contribution in [0.2, 0.25) is 0 Å². The van der Waals surface area contributed by atoms with E-state index in [1.807, 2.05) is 0 Å². The van der Waals surface area contributed by atoms with Crippen molar-refractivity contribution in [2.24, 2.45) is 5.92 Å². The molecule has 1 unspecified atom stereocenters. The first-order valence-electron chi connectivity index (χ1n) is 6.16. The molecule has 0 bridgehead atoms. The SMILES string of the molecule is COC(=O)CC1(OC(=O)C2CCCNC2)CC1. The smallest absolute Gasteiger partial charge is 0.310 e. The Labute approximate surface area is 101 Å². The lowest BCUT2D eigenvalue weighted by Crippen LogP contribution is -2.37. The van der Waals surface area contributed by atoms with Gasteiger partial charge in [-0.3, -0.25) is 9.59 Å². The van der Waals surface area contributed by atoms with Gasteiger partial charge in [-0.1, -0.05) is 0 Å². The van der Waals surface area contributed by atoms with Crippen molar-refractivity contribution < 1.29 is 19.1 Å². The molecule has 1 heterocycles. The summed E-state index contributed by atoms with van der Waals surface area (Å²) in [5.74, 6) is -0.533. The van der Waals surface area contributed by atoms with E-state index < -0.39 is 5.60 Å². The van der Waals surface area contributed by atoms with Crippen molar-refractivity contribution in [3.8, 4) is 0 Å². The molecule has 0 radical (unpaired) electrons. The molecular formula is C12H19NO4. The zero-order valence-electron chi connectivity index (χ0n) is 10.2. The number of piperidine rings is 1. The predicted octanol–water partition coefficient (Wildman–Crippen LogP) is 0.625. The Hall–Kier alpha value is -1.10. The van der Waals surface area contributed by atoms with Gasteiger partial charge in [-0.15, -0.1) is 0 Å². The maximum Gasteiger partial charge on any atom is 0.310 e. The number of hydrogen-bond acceptors (Lipinski definition) is 5. The van der Waals surface area contributed by atoms with Gasteiger partial charge >= 0.3 is 11.9 Å². The predicted molar refractivity (Wildman–Crippen MR) is 60.3 cm³/mol. The molecule has 96 valence electrons. The zero-order chi connectivity index (χ0) is 12.3. The Bertz CT molecular complexity index is 306. The summed E-state index contributed by atoms with van der Waals surface area (Å²) in [7, 11) is 1.35. The van der Waals surface area contributed by atoms with Crippen molar-refractivity contribution >= 4 is 11.9 Å². The minimum Gasteiger partial charge on any atom is -0.469 e. The normalized spacial score (nSPS) is 26.1. The third-order valence-corrected chi connectivity index (χ3v) is 3.45. The van der Waals surface area contributed by atoms with Crippen molar-refractivity contribution in [3.05, 3.63) is 0 Å². The second kappa shape index (κ2) is 5.04. The average Bonchev–Trinajstić information content (AvgIpc) is 3.09. The number of esters is 2. The molecule has 1 aliphatic carbocycles. The minimum atomic E-state index is -0.554. The summed E-state index contributed by atoms with van der Waals surface area (Å²) in [5.41, 5.74) is -0.554. The van der Waals surface area contributed by atoms with Gasteiger partial charge in [0.15, 0.2) is 0 Å². The van der Waals surface area contributed by atoms with Crippen LogP contribution < -0.4 is 5.32 Å². The lowest BCUT2D eigenvalue weighted by molar-refractivity contribution is -0.160. The van der Waals surface area contributed by atoms with Crippen LogP contribution in [0.4, 0.5) is 0 Å². The number of rotatable bonds is 4. The first-order chi connectivity index (χ1) is 8.15. The van der Waals surface area contributed by atoms with Gasteiger partial charge in [0.2, 0.25) is 0 Å².